The summed E-state index contributed by atoms with van der Waals surface area (Å²) in [5.41, 5.74) is 8.55. The lowest BCUT2D eigenvalue weighted by Crippen LogP contribution is -2.42. The van der Waals surface area contributed by atoms with Crippen molar-refractivity contribution in [3.05, 3.63) is 60.2 Å². The van der Waals surface area contributed by atoms with Crippen molar-refractivity contribution >= 4 is 17.3 Å². The maximum atomic E-state index is 12.9. The van der Waals surface area contributed by atoms with Crippen molar-refractivity contribution < 1.29 is 4.79 Å². The van der Waals surface area contributed by atoms with Crippen LogP contribution in [-0.4, -0.2) is 29.9 Å². The third kappa shape index (κ3) is 3.77. The lowest BCUT2D eigenvalue weighted by Gasteiger charge is -2.34. The molecule has 126 valence electrons. The van der Waals surface area contributed by atoms with Crippen molar-refractivity contribution in [2.24, 2.45) is 11.7 Å². The number of carbonyl (C=O) groups excluding carboxylic acids is 1. The van der Waals surface area contributed by atoms with Crippen molar-refractivity contribution in [2.75, 3.05) is 18.4 Å². The van der Waals surface area contributed by atoms with Gasteiger partial charge in [0.2, 0.25) is 0 Å². The second-order valence-corrected chi connectivity index (χ2v) is 6.53. The van der Waals surface area contributed by atoms with Gasteiger partial charge >= 0.3 is 0 Å². The topological polar surface area (TPSA) is 58.4 Å². The molecule has 24 heavy (non-hydrogen) atoms. The zero-order valence-corrected chi connectivity index (χ0v) is 14.1. The summed E-state index contributed by atoms with van der Waals surface area (Å²) in [5, 5.41) is 3.35. The third-order valence-electron chi connectivity index (χ3n) is 4.78. The molecule has 1 heterocycles. The van der Waals surface area contributed by atoms with E-state index >= 15 is 0 Å². The Kier molecular flexibility index (Phi) is 5.16. The second kappa shape index (κ2) is 7.49. The fourth-order valence-electron chi connectivity index (χ4n) is 3.25. The van der Waals surface area contributed by atoms with Crippen LogP contribution in [0.2, 0.25) is 0 Å². The Morgan fingerprint density at radius 1 is 1.08 bits per heavy atom. The fraction of sp³-hybridized carbons (Fsp3) is 0.350. The van der Waals surface area contributed by atoms with E-state index in [1.165, 1.54) is 0 Å². The number of likely N-dealkylation sites (tertiary alicyclic amines) is 1. The summed E-state index contributed by atoms with van der Waals surface area (Å²) in [5.74, 6) is 0.615. The van der Waals surface area contributed by atoms with Gasteiger partial charge in [-0.15, -0.1) is 0 Å². The number of hydrogen-bond donors (Lipinski definition) is 2. The molecule has 0 saturated carbocycles. The van der Waals surface area contributed by atoms with Gasteiger partial charge in [-0.1, -0.05) is 30.3 Å². The third-order valence-corrected chi connectivity index (χ3v) is 4.78. The van der Waals surface area contributed by atoms with E-state index in [0.29, 0.717) is 5.92 Å². The highest BCUT2D eigenvalue weighted by molar-refractivity contribution is 6.00. The van der Waals surface area contributed by atoms with Crippen LogP contribution in [0.5, 0.6) is 0 Å². The molecule has 0 aromatic heterocycles. The van der Waals surface area contributed by atoms with Crippen LogP contribution >= 0.6 is 0 Å². The SMILES string of the molecule is CC(N)C1CCN(C(=O)c2ccccc2Nc2ccccc2)CC1. The molecule has 2 aromatic carbocycles. The summed E-state index contributed by atoms with van der Waals surface area (Å²) < 4.78 is 0. The number of anilines is 2. The van der Waals surface area contributed by atoms with Crippen molar-refractivity contribution in [3.8, 4) is 0 Å². The zero-order valence-electron chi connectivity index (χ0n) is 14.1. The lowest BCUT2D eigenvalue weighted by atomic mass is 9.90. The van der Waals surface area contributed by atoms with Crippen LogP contribution in [0, 0.1) is 5.92 Å². The molecule has 1 aliphatic heterocycles. The van der Waals surface area contributed by atoms with Gasteiger partial charge in [-0.3, -0.25) is 4.79 Å². The molecular formula is C20H25N3O. The number of nitrogens with two attached hydrogens (primary N) is 1. The second-order valence-electron chi connectivity index (χ2n) is 6.53. The molecule has 1 atom stereocenters. The van der Waals surface area contributed by atoms with Crippen LogP contribution in [0.3, 0.4) is 0 Å². The molecule has 1 amide bonds. The van der Waals surface area contributed by atoms with Crippen molar-refractivity contribution in [3.63, 3.8) is 0 Å². The summed E-state index contributed by atoms with van der Waals surface area (Å²) in [4.78, 5) is 14.9. The molecular weight excluding hydrogens is 298 g/mol. The summed E-state index contributed by atoms with van der Waals surface area (Å²) in [7, 11) is 0. The summed E-state index contributed by atoms with van der Waals surface area (Å²) in [6.45, 7) is 3.62. The molecule has 0 bridgehead atoms. The van der Waals surface area contributed by atoms with Crippen LogP contribution in [0.4, 0.5) is 11.4 Å². The Hall–Kier alpha value is -2.33. The van der Waals surface area contributed by atoms with E-state index in [4.69, 9.17) is 5.73 Å². The first-order chi connectivity index (χ1) is 11.6. The Morgan fingerprint density at radius 3 is 2.38 bits per heavy atom. The molecule has 0 radical (unpaired) electrons. The smallest absolute Gasteiger partial charge is 0.255 e. The number of piperidine rings is 1. The molecule has 2 aromatic rings. The standard InChI is InChI=1S/C20H25N3O/c1-15(21)16-11-13-23(14-12-16)20(24)18-9-5-6-10-19(18)22-17-7-3-2-4-8-17/h2-10,15-16,22H,11-14,21H2,1H3. The van der Waals surface area contributed by atoms with Gasteiger partial charge in [0.15, 0.2) is 0 Å². The van der Waals surface area contributed by atoms with Gasteiger partial charge in [-0.25, -0.2) is 0 Å². The van der Waals surface area contributed by atoms with E-state index in [1.54, 1.807) is 0 Å². The number of rotatable bonds is 4. The van der Waals surface area contributed by atoms with Crippen molar-refractivity contribution in [1.29, 1.82) is 0 Å². The first kappa shape index (κ1) is 16.5. The Bertz CT molecular complexity index is 676. The predicted molar refractivity (Wildman–Crippen MR) is 98.4 cm³/mol. The van der Waals surface area contributed by atoms with Crippen LogP contribution in [-0.2, 0) is 0 Å². The number of carbonyl (C=O) groups is 1. The largest absolute Gasteiger partial charge is 0.355 e. The first-order valence-corrected chi connectivity index (χ1v) is 8.61. The number of hydrogen-bond acceptors (Lipinski definition) is 3. The molecule has 0 spiro atoms. The van der Waals surface area contributed by atoms with Crippen molar-refractivity contribution in [2.45, 2.75) is 25.8 Å². The Morgan fingerprint density at radius 2 is 1.71 bits per heavy atom. The number of amides is 1. The predicted octanol–water partition coefficient (Wildman–Crippen LogP) is 3.63. The normalized spacial score (nSPS) is 16.7. The molecule has 1 saturated heterocycles. The molecule has 3 rings (SSSR count). The monoisotopic (exact) mass is 323 g/mol. The van der Waals surface area contributed by atoms with Gasteiger partial charge in [-0.2, -0.15) is 0 Å². The summed E-state index contributed by atoms with van der Waals surface area (Å²) in [6, 6.07) is 17.8. The van der Waals surface area contributed by atoms with E-state index in [-0.39, 0.29) is 11.9 Å². The average molecular weight is 323 g/mol. The van der Waals surface area contributed by atoms with Gasteiger partial charge in [0.05, 0.1) is 11.3 Å². The molecule has 4 nitrogen and oxygen atoms in total. The molecule has 0 aliphatic carbocycles. The summed E-state index contributed by atoms with van der Waals surface area (Å²) >= 11 is 0. The maximum Gasteiger partial charge on any atom is 0.255 e. The highest BCUT2D eigenvalue weighted by Gasteiger charge is 2.26. The van der Waals surface area contributed by atoms with Crippen molar-refractivity contribution in [1.82, 2.24) is 4.90 Å². The first-order valence-electron chi connectivity index (χ1n) is 8.61. The van der Waals surface area contributed by atoms with Gasteiger partial charge in [0.1, 0.15) is 0 Å². The van der Waals surface area contributed by atoms with E-state index in [2.05, 4.69) is 12.2 Å². The number of benzene rings is 2. The molecule has 4 heteroatoms. The summed E-state index contributed by atoms with van der Waals surface area (Å²) in [6.07, 6.45) is 1.97. The minimum atomic E-state index is 0.0946. The molecule has 1 fully saturated rings. The van der Waals surface area contributed by atoms with Gasteiger partial charge in [-0.05, 0) is 49.9 Å². The van der Waals surface area contributed by atoms with Crippen LogP contribution < -0.4 is 11.1 Å². The maximum absolute atomic E-state index is 12.9. The fourth-order valence-corrected chi connectivity index (χ4v) is 3.25. The van der Waals surface area contributed by atoms with Gasteiger partial charge < -0.3 is 16.0 Å². The number of nitrogens with one attached hydrogen (secondary N) is 1. The van der Waals surface area contributed by atoms with Gasteiger partial charge in [0.25, 0.3) is 5.91 Å². The Balaban J connectivity index is 1.74. The van der Waals surface area contributed by atoms with E-state index < -0.39 is 0 Å². The highest BCUT2D eigenvalue weighted by Crippen LogP contribution is 2.25. The number of para-hydroxylation sites is 2. The minimum absolute atomic E-state index is 0.0946. The lowest BCUT2D eigenvalue weighted by molar-refractivity contribution is 0.0682. The van der Waals surface area contributed by atoms with E-state index in [1.807, 2.05) is 59.5 Å². The molecule has 1 aliphatic rings. The number of nitrogens with zero attached hydrogens (tertiary/aromatic N) is 1. The van der Waals surface area contributed by atoms with Gasteiger partial charge in [0, 0.05) is 24.8 Å². The quantitative estimate of drug-likeness (QED) is 0.903. The highest BCUT2D eigenvalue weighted by atomic mass is 16.2. The van der Waals surface area contributed by atoms with E-state index in [9.17, 15) is 4.79 Å². The minimum Gasteiger partial charge on any atom is -0.355 e. The average Bonchev–Trinajstić information content (AvgIpc) is 2.62. The zero-order chi connectivity index (χ0) is 16.9. The van der Waals surface area contributed by atoms with Crippen LogP contribution in [0.15, 0.2) is 54.6 Å². The Labute approximate surface area is 143 Å². The van der Waals surface area contributed by atoms with E-state index in [0.717, 1.165) is 42.9 Å². The van der Waals surface area contributed by atoms with Crippen LogP contribution in [0.25, 0.3) is 0 Å². The molecule has 1 unspecified atom stereocenters. The molecule has 3 N–H and O–H groups in total. The van der Waals surface area contributed by atoms with Crippen LogP contribution in [0.1, 0.15) is 30.1 Å².